The molecule has 1 saturated heterocycles. The predicted octanol–water partition coefficient (Wildman–Crippen LogP) is 1.49. The molecule has 116 valence electrons. The summed E-state index contributed by atoms with van der Waals surface area (Å²) >= 11 is 0. The largest absolute Gasteiger partial charge is 0.343 e. The van der Waals surface area contributed by atoms with E-state index in [4.69, 9.17) is 0 Å². The van der Waals surface area contributed by atoms with Gasteiger partial charge in [-0.3, -0.25) is 4.79 Å². The third-order valence-electron chi connectivity index (χ3n) is 3.80. The number of carbonyl (C=O) groups is 1. The number of rotatable bonds is 6. The van der Waals surface area contributed by atoms with Crippen molar-refractivity contribution >= 4 is 16.4 Å². The molecule has 0 unspecified atom stereocenters. The normalized spacial score (nSPS) is 16.9. The second-order valence-electron chi connectivity index (χ2n) is 5.29. The summed E-state index contributed by atoms with van der Waals surface area (Å²) in [6.45, 7) is 3.77. The van der Waals surface area contributed by atoms with Crippen LogP contribution in [0.25, 0.3) is 0 Å². The van der Waals surface area contributed by atoms with Crippen molar-refractivity contribution in [1.29, 1.82) is 0 Å². The molecule has 1 fully saturated rings. The van der Waals surface area contributed by atoms with Crippen LogP contribution < -0.4 is 0 Å². The van der Waals surface area contributed by atoms with Crippen LogP contribution in [0, 0.1) is 0 Å². The van der Waals surface area contributed by atoms with E-state index < -0.39 is 10.0 Å². The lowest BCUT2D eigenvalue weighted by atomic mass is 10.1. The van der Waals surface area contributed by atoms with Crippen molar-refractivity contribution in [3.63, 3.8) is 0 Å². The van der Waals surface area contributed by atoms with Gasteiger partial charge >= 0.3 is 0 Å². The fourth-order valence-corrected chi connectivity index (χ4v) is 3.83. The SMILES string of the molecule is CCCCc1ccc(S(=O)(=O)N2CCN(C=O)CC2)cc1. The van der Waals surface area contributed by atoms with Crippen molar-refractivity contribution in [2.24, 2.45) is 0 Å². The van der Waals surface area contributed by atoms with Gasteiger partial charge in [0.1, 0.15) is 0 Å². The Bertz CT molecular complexity index is 561. The Morgan fingerprint density at radius 3 is 2.24 bits per heavy atom. The van der Waals surface area contributed by atoms with Gasteiger partial charge in [-0.2, -0.15) is 4.31 Å². The predicted molar refractivity (Wildman–Crippen MR) is 81.4 cm³/mol. The molecule has 2 rings (SSSR count). The minimum absolute atomic E-state index is 0.335. The molecule has 1 amide bonds. The quantitative estimate of drug-likeness (QED) is 0.748. The van der Waals surface area contributed by atoms with E-state index in [0.29, 0.717) is 31.1 Å². The lowest BCUT2D eigenvalue weighted by molar-refractivity contribution is -0.119. The first kappa shape index (κ1) is 16.0. The number of carbonyl (C=O) groups excluding carboxylic acids is 1. The number of amides is 1. The molecule has 1 aliphatic rings. The summed E-state index contributed by atoms with van der Waals surface area (Å²) in [4.78, 5) is 12.6. The van der Waals surface area contributed by atoms with Crippen LogP contribution in [0.3, 0.4) is 0 Å². The van der Waals surface area contributed by atoms with E-state index in [1.807, 2.05) is 12.1 Å². The molecule has 0 aromatic heterocycles. The van der Waals surface area contributed by atoms with Gasteiger partial charge in [0.25, 0.3) is 0 Å². The highest BCUT2D eigenvalue weighted by Crippen LogP contribution is 2.18. The van der Waals surface area contributed by atoms with Crippen molar-refractivity contribution < 1.29 is 13.2 Å². The van der Waals surface area contributed by atoms with Crippen molar-refractivity contribution in [3.05, 3.63) is 29.8 Å². The van der Waals surface area contributed by atoms with Crippen molar-refractivity contribution in [2.75, 3.05) is 26.2 Å². The van der Waals surface area contributed by atoms with Crippen molar-refractivity contribution in [2.45, 2.75) is 31.1 Å². The molecule has 0 spiro atoms. The monoisotopic (exact) mass is 310 g/mol. The Labute approximate surface area is 126 Å². The molecule has 1 aliphatic heterocycles. The molecule has 0 N–H and O–H groups in total. The number of unbranched alkanes of at least 4 members (excludes halogenated alkanes) is 1. The molecule has 5 nitrogen and oxygen atoms in total. The van der Waals surface area contributed by atoms with Gasteiger partial charge in [-0.25, -0.2) is 8.42 Å². The first-order valence-electron chi connectivity index (χ1n) is 7.36. The highest BCUT2D eigenvalue weighted by molar-refractivity contribution is 7.89. The lowest BCUT2D eigenvalue weighted by Gasteiger charge is -2.31. The van der Waals surface area contributed by atoms with E-state index in [-0.39, 0.29) is 0 Å². The zero-order chi connectivity index (χ0) is 15.3. The standard InChI is InChI=1S/C15H22N2O3S/c1-2-3-4-14-5-7-15(8-6-14)21(19,20)17-11-9-16(13-18)10-12-17/h5-8,13H,2-4,9-12H2,1H3. The second-order valence-corrected chi connectivity index (χ2v) is 7.23. The minimum Gasteiger partial charge on any atom is -0.343 e. The van der Waals surface area contributed by atoms with Crippen LogP contribution in [0.2, 0.25) is 0 Å². The molecular weight excluding hydrogens is 288 g/mol. The van der Waals surface area contributed by atoms with Gasteiger partial charge in [0.05, 0.1) is 4.90 Å². The summed E-state index contributed by atoms with van der Waals surface area (Å²) in [6.07, 6.45) is 3.99. The Hall–Kier alpha value is -1.40. The van der Waals surface area contributed by atoms with E-state index in [1.54, 1.807) is 17.0 Å². The summed E-state index contributed by atoms with van der Waals surface area (Å²) in [5, 5.41) is 0. The average Bonchev–Trinajstić information content (AvgIpc) is 2.53. The van der Waals surface area contributed by atoms with Gasteiger partial charge in [-0.05, 0) is 30.5 Å². The maximum absolute atomic E-state index is 12.5. The molecule has 0 atom stereocenters. The lowest BCUT2D eigenvalue weighted by Crippen LogP contribution is -2.47. The van der Waals surface area contributed by atoms with Gasteiger partial charge < -0.3 is 4.90 Å². The van der Waals surface area contributed by atoms with Gasteiger partial charge in [-0.1, -0.05) is 25.5 Å². The molecule has 1 aromatic carbocycles. The average molecular weight is 310 g/mol. The highest BCUT2D eigenvalue weighted by Gasteiger charge is 2.27. The molecule has 6 heteroatoms. The maximum Gasteiger partial charge on any atom is 0.243 e. The number of piperazine rings is 1. The Morgan fingerprint density at radius 1 is 1.10 bits per heavy atom. The van der Waals surface area contributed by atoms with Crippen LogP contribution in [0.4, 0.5) is 0 Å². The molecule has 0 radical (unpaired) electrons. The zero-order valence-corrected chi connectivity index (χ0v) is 13.2. The van der Waals surface area contributed by atoms with E-state index >= 15 is 0 Å². The second kappa shape index (κ2) is 7.04. The van der Waals surface area contributed by atoms with E-state index in [0.717, 1.165) is 25.7 Å². The fourth-order valence-electron chi connectivity index (χ4n) is 2.41. The fraction of sp³-hybridized carbons (Fsp3) is 0.533. The summed E-state index contributed by atoms with van der Waals surface area (Å²) in [5.74, 6) is 0. The van der Waals surface area contributed by atoms with Gasteiger partial charge in [0, 0.05) is 26.2 Å². The molecule has 0 saturated carbocycles. The molecule has 1 heterocycles. The Balaban J connectivity index is 2.07. The summed E-state index contributed by atoms with van der Waals surface area (Å²) in [5.41, 5.74) is 1.17. The van der Waals surface area contributed by atoms with Crippen LogP contribution in [0.1, 0.15) is 25.3 Å². The van der Waals surface area contributed by atoms with Crippen LogP contribution in [0.5, 0.6) is 0 Å². The smallest absolute Gasteiger partial charge is 0.243 e. The van der Waals surface area contributed by atoms with Crippen molar-refractivity contribution in [1.82, 2.24) is 9.21 Å². The third kappa shape index (κ3) is 3.83. The van der Waals surface area contributed by atoms with Gasteiger partial charge in [0.2, 0.25) is 16.4 Å². The minimum atomic E-state index is -3.44. The van der Waals surface area contributed by atoms with E-state index in [1.165, 1.54) is 9.87 Å². The van der Waals surface area contributed by atoms with Crippen molar-refractivity contribution in [3.8, 4) is 0 Å². The maximum atomic E-state index is 12.5. The van der Waals surface area contributed by atoms with Crippen LogP contribution >= 0.6 is 0 Å². The number of sulfonamides is 1. The molecule has 0 aliphatic carbocycles. The van der Waals surface area contributed by atoms with Crippen LogP contribution in [-0.4, -0.2) is 50.2 Å². The summed E-state index contributed by atoms with van der Waals surface area (Å²) < 4.78 is 26.5. The first-order valence-corrected chi connectivity index (χ1v) is 8.80. The molecule has 1 aromatic rings. The van der Waals surface area contributed by atoms with Gasteiger partial charge in [0.15, 0.2) is 0 Å². The number of hydrogen-bond acceptors (Lipinski definition) is 3. The van der Waals surface area contributed by atoms with Gasteiger partial charge in [-0.15, -0.1) is 0 Å². The summed E-state index contributed by atoms with van der Waals surface area (Å²) in [7, 11) is -3.44. The van der Waals surface area contributed by atoms with E-state index in [2.05, 4.69) is 6.92 Å². The number of nitrogens with zero attached hydrogens (tertiary/aromatic N) is 2. The number of aryl methyl sites for hydroxylation is 1. The topological polar surface area (TPSA) is 57.7 Å². The van der Waals surface area contributed by atoms with E-state index in [9.17, 15) is 13.2 Å². The molecule has 0 bridgehead atoms. The molecular formula is C15H22N2O3S. The molecule has 21 heavy (non-hydrogen) atoms. The highest BCUT2D eigenvalue weighted by atomic mass is 32.2. The van der Waals surface area contributed by atoms with Crippen LogP contribution in [-0.2, 0) is 21.2 Å². The Morgan fingerprint density at radius 2 is 1.71 bits per heavy atom. The zero-order valence-electron chi connectivity index (χ0n) is 12.4. The summed E-state index contributed by atoms with van der Waals surface area (Å²) in [6, 6.07) is 7.16. The number of hydrogen-bond donors (Lipinski definition) is 0. The number of benzene rings is 1. The first-order chi connectivity index (χ1) is 10.1. The third-order valence-corrected chi connectivity index (χ3v) is 5.72. The Kier molecular flexibility index (Phi) is 5.36. The van der Waals surface area contributed by atoms with Crippen LogP contribution in [0.15, 0.2) is 29.2 Å².